The second-order valence-electron chi connectivity index (χ2n) is 5.62. The molecule has 6 nitrogen and oxygen atoms in total. The molecule has 0 bridgehead atoms. The fourth-order valence-corrected chi connectivity index (χ4v) is 4.45. The van der Waals surface area contributed by atoms with E-state index >= 15 is 0 Å². The number of hydrogen-bond donors (Lipinski definition) is 2. The molecule has 2 aliphatic rings. The zero-order valence-electron chi connectivity index (χ0n) is 12.0. The van der Waals surface area contributed by atoms with Gasteiger partial charge in [0.1, 0.15) is 0 Å². The number of aliphatic hydroxyl groups excluding tert-OH is 1. The van der Waals surface area contributed by atoms with Gasteiger partial charge in [0.2, 0.25) is 0 Å². The Balaban J connectivity index is 1.74. The SMILES string of the molecule is O=S(=O)(NCCOC1CCCC1)N1CCCCC1CO. The Labute approximate surface area is 121 Å². The minimum Gasteiger partial charge on any atom is -0.395 e. The largest absolute Gasteiger partial charge is 0.395 e. The summed E-state index contributed by atoms with van der Waals surface area (Å²) in [6.45, 7) is 1.10. The van der Waals surface area contributed by atoms with Gasteiger partial charge in [-0.25, -0.2) is 0 Å². The maximum atomic E-state index is 12.2. The van der Waals surface area contributed by atoms with Crippen molar-refractivity contribution in [2.45, 2.75) is 57.1 Å². The fourth-order valence-electron chi connectivity index (χ4n) is 3.01. The lowest BCUT2D eigenvalue weighted by Gasteiger charge is -2.33. The number of piperidine rings is 1. The van der Waals surface area contributed by atoms with E-state index in [1.54, 1.807) is 0 Å². The highest BCUT2D eigenvalue weighted by atomic mass is 32.2. The van der Waals surface area contributed by atoms with Crippen LogP contribution in [0.5, 0.6) is 0 Å². The third-order valence-corrected chi connectivity index (χ3v) is 5.80. The average Bonchev–Trinajstić information content (AvgIpc) is 2.97. The van der Waals surface area contributed by atoms with E-state index in [4.69, 9.17) is 4.74 Å². The highest BCUT2D eigenvalue weighted by Gasteiger charge is 2.31. The molecule has 118 valence electrons. The fraction of sp³-hybridized carbons (Fsp3) is 1.00. The summed E-state index contributed by atoms with van der Waals surface area (Å²) in [5.41, 5.74) is 0. The van der Waals surface area contributed by atoms with E-state index in [0.29, 0.717) is 25.8 Å². The molecular weight excluding hydrogens is 280 g/mol. The molecule has 1 saturated carbocycles. The Morgan fingerprint density at radius 3 is 2.55 bits per heavy atom. The van der Waals surface area contributed by atoms with Crippen LogP contribution in [-0.2, 0) is 14.9 Å². The van der Waals surface area contributed by atoms with Gasteiger partial charge in [0.15, 0.2) is 0 Å². The molecule has 1 unspecified atom stereocenters. The molecule has 1 heterocycles. The van der Waals surface area contributed by atoms with Crippen molar-refractivity contribution in [3.05, 3.63) is 0 Å². The van der Waals surface area contributed by atoms with Crippen LogP contribution < -0.4 is 4.72 Å². The molecule has 7 heteroatoms. The van der Waals surface area contributed by atoms with Crippen LogP contribution in [0, 0.1) is 0 Å². The molecular formula is C13H26N2O4S. The Bertz CT molecular complexity index is 382. The minimum atomic E-state index is -3.50. The summed E-state index contributed by atoms with van der Waals surface area (Å²) in [7, 11) is -3.50. The van der Waals surface area contributed by atoms with E-state index in [-0.39, 0.29) is 12.6 Å². The van der Waals surface area contributed by atoms with Gasteiger partial charge < -0.3 is 9.84 Å². The molecule has 0 aromatic heterocycles. The van der Waals surface area contributed by atoms with Crippen LogP contribution in [-0.4, -0.2) is 56.3 Å². The summed E-state index contributed by atoms with van der Waals surface area (Å²) in [4.78, 5) is 0. The van der Waals surface area contributed by atoms with E-state index in [9.17, 15) is 13.5 Å². The Hall–Kier alpha value is -0.210. The van der Waals surface area contributed by atoms with Crippen LogP contribution in [0.4, 0.5) is 0 Å². The summed E-state index contributed by atoms with van der Waals surface area (Å²) < 4.78 is 34.0. The van der Waals surface area contributed by atoms with Crippen LogP contribution in [0.3, 0.4) is 0 Å². The normalized spacial score (nSPS) is 26.1. The highest BCUT2D eigenvalue weighted by molar-refractivity contribution is 7.87. The zero-order valence-corrected chi connectivity index (χ0v) is 12.8. The monoisotopic (exact) mass is 306 g/mol. The number of aliphatic hydroxyl groups is 1. The second kappa shape index (κ2) is 7.70. The van der Waals surface area contributed by atoms with E-state index in [2.05, 4.69) is 4.72 Å². The van der Waals surface area contributed by atoms with Crippen molar-refractivity contribution < 1.29 is 18.3 Å². The summed E-state index contributed by atoms with van der Waals surface area (Å²) >= 11 is 0. The Morgan fingerprint density at radius 1 is 1.15 bits per heavy atom. The van der Waals surface area contributed by atoms with Crippen LogP contribution in [0.2, 0.25) is 0 Å². The summed E-state index contributed by atoms with van der Waals surface area (Å²) in [5.74, 6) is 0. The number of nitrogens with one attached hydrogen (secondary N) is 1. The molecule has 0 amide bonds. The van der Waals surface area contributed by atoms with Crippen molar-refractivity contribution in [3.63, 3.8) is 0 Å². The van der Waals surface area contributed by atoms with Crippen molar-refractivity contribution >= 4 is 10.2 Å². The summed E-state index contributed by atoms with van der Waals surface area (Å²) in [6, 6.07) is -0.281. The van der Waals surface area contributed by atoms with E-state index < -0.39 is 10.2 Å². The number of rotatable bonds is 7. The van der Waals surface area contributed by atoms with Crippen LogP contribution in [0.1, 0.15) is 44.9 Å². The van der Waals surface area contributed by atoms with Gasteiger partial charge in [0.25, 0.3) is 10.2 Å². The lowest BCUT2D eigenvalue weighted by Crippen LogP contribution is -2.51. The third kappa shape index (κ3) is 4.39. The lowest BCUT2D eigenvalue weighted by atomic mass is 10.1. The van der Waals surface area contributed by atoms with Gasteiger partial charge in [-0.15, -0.1) is 0 Å². The lowest BCUT2D eigenvalue weighted by molar-refractivity contribution is 0.0622. The molecule has 0 spiro atoms. The van der Waals surface area contributed by atoms with Gasteiger partial charge in [0, 0.05) is 19.1 Å². The highest BCUT2D eigenvalue weighted by Crippen LogP contribution is 2.21. The first-order valence-electron chi connectivity index (χ1n) is 7.62. The van der Waals surface area contributed by atoms with Crippen LogP contribution in [0.25, 0.3) is 0 Å². The molecule has 0 radical (unpaired) electrons. The smallest absolute Gasteiger partial charge is 0.279 e. The maximum absolute atomic E-state index is 12.2. The topological polar surface area (TPSA) is 78.9 Å². The summed E-state index contributed by atoms with van der Waals surface area (Å²) in [6.07, 6.45) is 7.47. The van der Waals surface area contributed by atoms with Crippen molar-refractivity contribution in [3.8, 4) is 0 Å². The molecule has 1 aliphatic carbocycles. The van der Waals surface area contributed by atoms with E-state index in [1.807, 2.05) is 0 Å². The molecule has 1 aliphatic heterocycles. The Kier molecular flexibility index (Phi) is 6.22. The molecule has 1 saturated heterocycles. The van der Waals surface area contributed by atoms with Gasteiger partial charge in [0.05, 0.1) is 19.3 Å². The second-order valence-corrected chi connectivity index (χ2v) is 7.33. The Morgan fingerprint density at radius 2 is 1.85 bits per heavy atom. The quantitative estimate of drug-likeness (QED) is 0.676. The minimum absolute atomic E-state index is 0.112. The molecule has 2 rings (SSSR count). The van der Waals surface area contributed by atoms with Gasteiger partial charge in [-0.2, -0.15) is 17.4 Å². The zero-order chi connectivity index (χ0) is 14.4. The molecule has 0 aromatic rings. The maximum Gasteiger partial charge on any atom is 0.279 e. The van der Waals surface area contributed by atoms with Crippen LogP contribution in [0.15, 0.2) is 0 Å². The van der Waals surface area contributed by atoms with Gasteiger partial charge >= 0.3 is 0 Å². The van der Waals surface area contributed by atoms with Crippen LogP contribution >= 0.6 is 0 Å². The van der Waals surface area contributed by atoms with Gasteiger partial charge in [-0.05, 0) is 25.7 Å². The van der Waals surface area contributed by atoms with E-state index in [0.717, 1.165) is 32.1 Å². The standard InChI is InChI=1S/C13H26N2O4S/c16-11-12-5-3-4-9-15(12)20(17,18)14-8-10-19-13-6-1-2-7-13/h12-14,16H,1-11H2. The van der Waals surface area contributed by atoms with Gasteiger partial charge in [-0.1, -0.05) is 19.3 Å². The molecule has 0 aromatic carbocycles. The number of ether oxygens (including phenoxy) is 1. The molecule has 1 atom stereocenters. The first kappa shape index (κ1) is 16.2. The first-order valence-corrected chi connectivity index (χ1v) is 9.06. The summed E-state index contributed by atoms with van der Waals surface area (Å²) in [5, 5.41) is 9.28. The van der Waals surface area contributed by atoms with Crippen molar-refractivity contribution in [1.82, 2.24) is 9.03 Å². The van der Waals surface area contributed by atoms with Crippen molar-refractivity contribution in [2.75, 3.05) is 26.3 Å². The van der Waals surface area contributed by atoms with Crippen molar-refractivity contribution in [2.24, 2.45) is 0 Å². The number of hydrogen-bond acceptors (Lipinski definition) is 4. The average molecular weight is 306 g/mol. The molecule has 2 N–H and O–H groups in total. The van der Waals surface area contributed by atoms with Gasteiger partial charge in [-0.3, -0.25) is 0 Å². The predicted molar refractivity (Wildman–Crippen MR) is 76.6 cm³/mol. The molecule has 2 fully saturated rings. The first-order chi connectivity index (χ1) is 9.63. The van der Waals surface area contributed by atoms with E-state index in [1.165, 1.54) is 17.1 Å². The third-order valence-electron chi connectivity index (χ3n) is 4.13. The van der Waals surface area contributed by atoms with Crippen molar-refractivity contribution in [1.29, 1.82) is 0 Å². The predicted octanol–water partition coefficient (Wildman–Crippen LogP) is 0.627. The number of nitrogens with zero attached hydrogens (tertiary/aromatic N) is 1. The molecule has 20 heavy (non-hydrogen) atoms.